The van der Waals surface area contributed by atoms with Crippen molar-refractivity contribution in [2.75, 3.05) is 13.1 Å². The van der Waals surface area contributed by atoms with E-state index in [1.54, 1.807) is 0 Å². The van der Waals surface area contributed by atoms with Gasteiger partial charge < -0.3 is 9.84 Å². The highest BCUT2D eigenvalue weighted by atomic mass is 35.5. The van der Waals surface area contributed by atoms with Crippen LogP contribution in [0, 0.1) is 0 Å². The average molecular weight is 344 g/mol. The quantitative estimate of drug-likeness (QED) is 0.788. The Bertz CT molecular complexity index is 822. The fourth-order valence-electron chi connectivity index (χ4n) is 2.96. The summed E-state index contributed by atoms with van der Waals surface area (Å²) in [6.45, 7) is 2.03. The molecule has 6 nitrogen and oxygen atoms in total. The smallest absolute Gasteiger partial charge is 0.278 e. The fourth-order valence-corrected chi connectivity index (χ4v) is 3.16. The molecule has 0 spiro atoms. The molecule has 1 saturated heterocycles. The first-order chi connectivity index (χ1) is 11.8. The van der Waals surface area contributed by atoms with Crippen molar-refractivity contribution in [3.63, 3.8) is 0 Å². The van der Waals surface area contributed by atoms with Crippen LogP contribution in [0.25, 0.3) is 11.6 Å². The summed E-state index contributed by atoms with van der Waals surface area (Å²) in [7, 11) is 0. The Hall–Kier alpha value is -2.18. The van der Waals surface area contributed by atoms with Crippen molar-refractivity contribution in [2.45, 2.75) is 25.3 Å². The summed E-state index contributed by atoms with van der Waals surface area (Å²) >= 11 is 6.18. The van der Waals surface area contributed by atoms with Gasteiger partial charge in [-0.25, -0.2) is 0 Å². The van der Waals surface area contributed by atoms with Gasteiger partial charge in [0.2, 0.25) is 0 Å². The third-order valence-corrected chi connectivity index (χ3v) is 4.62. The van der Waals surface area contributed by atoms with Crippen LogP contribution in [0.5, 0.6) is 0 Å². The Balaban J connectivity index is 1.50. The van der Waals surface area contributed by atoms with Crippen molar-refractivity contribution in [1.29, 1.82) is 0 Å². The molecule has 24 heavy (non-hydrogen) atoms. The predicted octanol–water partition coefficient (Wildman–Crippen LogP) is 3.10. The molecule has 1 aliphatic rings. The summed E-state index contributed by atoms with van der Waals surface area (Å²) < 4.78 is 7.35. The highest BCUT2D eigenvalue weighted by Crippen LogP contribution is 2.22. The Morgan fingerprint density at radius 3 is 3.04 bits per heavy atom. The Morgan fingerprint density at radius 2 is 2.21 bits per heavy atom. The Labute approximate surface area is 144 Å². The van der Waals surface area contributed by atoms with Crippen LogP contribution in [0.3, 0.4) is 0 Å². The van der Waals surface area contributed by atoms with Gasteiger partial charge in [-0.15, -0.1) is 0 Å². The standard InChI is InChI=1S/C17H18ClN5O/c18-14-6-2-1-4-12(14)10-16-20-17(24-22-16)15-7-9-23(21-15)13-5-3-8-19-11-13/h1-2,4,6-7,9,13,19H,3,5,8,10-11H2. The molecule has 0 bridgehead atoms. The molecule has 0 saturated carbocycles. The first-order valence-electron chi connectivity index (χ1n) is 8.12. The van der Waals surface area contributed by atoms with E-state index >= 15 is 0 Å². The number of piperidine rings is 1. The molecule has 1 aliphatic heterocycles. The Morgan fingerprint density at radius 1 is 1.29 bits per heavy atom. The van der Waals surface area contributed by atoms with E-state index in [9.17, 15) is 0 Å². The van der Waals surface area contributed by atoms with Crippen LogP contribution in [-0.2, 0) is 6.42 Å². The molecule has 1 aromatic carbocycles. The molecule has 4 rings (SSSR count). The molecule has 2 aromatic heterocycles. The van der Waals surface area contributed by atoms with Crippen LogP contribution in [0.1, 0.15) is 30.3 Å². The summed E-state index contributed by atoms with van der Waals surface area (Å²) in [6.07, 6.45) is 4.82. The molecule has 124 valence electrons. The van der Waals surface area contributed by atoms with Crippen molar-refractivity contribution in [2.24, 2.45) is 0 Å². The zero-order valence-electron chi connectivity index (χ0n) is 13.2. The van der Waals surface area contributed by atoms with Gasteiger partial charge in [0, 0.05) is 24.2 Å². The molecule has 3 heterocycles. The molecule has 0 radical (unpaired) electrons. The van der Waals surface area contributed by atoms with Crippen molar-refractivity contribution >= 4 is 11.6 Å². The summed E-state index contributed by atoms with van der Waals surface area (Å²) in [5, 5.41) is 12.7. The van der Waals surface area contributed by atoms with Gasteiger partial charge in [0.25, 0.3) is 5.89 Å². The van der Waals surface area contributed by atoms with E-state index in [2.05, 4.69) is 20.6 Å². The number of hydrogen-bond donors (Lipinski definition) is 1. The first-order valence-corrected chi connectivity index (χ1v) is 8.49. The minimum Gasteiger partial charge on any atom is -0.332 e. The largest absolute Gasteiger partial charge is 0.332 e. The van der Waals surface area contributed by atoms with Gasteiger partial charge in [0.1, 0.15) is 0 Å². The van der Waals surface area contributed by atoms with Crippen LogP contribution >= 0.6 is 11.6 Å². The van der Waals surface area contributed by atoms with Gasteiger partial charge in [-0.2, -0.15) is 10.1 Å². The highest BCUT2D eigenvalue weighted by Gasteiger charge is 2.18. The van der Waals surface area contributed by atoms with Gasteiger partial charge in [-0.3, -0.25) is 4.68 Å². The minimum absolute atomic E-state index is 0.387. The Kier molecular flexibility index (Phi) is 4.32. The van der Waals surface area contributed by atoms with Gasteiger partial charge >= 0.3 is 0 Å². The molecule has 0 amide bonds. The molecule has 3 aromatic rings. The molecule has 1 unspecified atom stereocenters. The molecule has 7 heteroatoms. The molecule has 1 fully saturated rings. The zero-order valence-corrected chi connectivity index (χ0v) is 13.9. The summed E-state index contributed by atoms with van der Waals surface area (Å²) in [6, 6.07) is 9.98. The van der Waals surface area contributed by atoms with Crippen LogP contribution in [0.2, 0.25) is 5.02 Å². The average Bonchev–Trinajstić information content (AvgIpc) is 3.27. The number of nitrogens with zero attached hydrogens (tertiary/aromatic N) is 4. The van der Waals surface area contributed by atoms with Gasteiger partial charge in [-0.1, -0.05) is 35.0 Å². The van der Waals surface area contributed by atoms with Gasteiger partial charge in [0.15, 0.2) is 11.5 Å². The number of rotatable bonds is 4. The lowest BCUT2D eigenvalue weighted by molar-refractivity contribution is 0.346. The maximum Gasteiger partial charge on any atom is 0.278 e. The van der Waals surface area contributed by atoms with E-state index in [0.29, 0.717) is 34.9 Å². The van der Waals surface area contributed by atoms with E-state index < -0.39 is 0 Å². The number of hydrogen-bond acceptors (Lipinski definition) is 5. The highest BCUT2D eigenvalue weighted by molar-refractivity contribution is 6.31. The predicted molar refractivity (Wildman–Crippen MR) is 90.9 cm³/mol. The van der Waals surface area contributed by atoms with Crippen molar-refractivity contribution in [3.8, 4) is 11.6 Å². The summed E-state index contributed by atoms with van der Waals surface area (Å²) in [4.78, 5) is 4.45. The molecular weight excluding hydrogens is 326 g/mol. The topological polar surface area (TPSA) is 68.8 Å². The van der Waals surface area contributed by atoms with Gasteiger partial charge in [0.05, 0.1) is 6.04 Å². The maximum absolute atomic E-state index is 6.18. The lowest BCUT2D eigenvalue weighted by Crippen LogP contribution is -2.31. The third-order valence-electron chi connectivity index (χ3n) is 4.25. The summed E-state index contributed by atoms with van der Waals surface area (Å²) in [5.74, 6) is 1.05. The van der Waals surface area contributed by atoms with Crippen LogP contribution in [0.15, 0.2) is 41.1 Å². The number of halogens is 1. The second-order valence-electron chi connectivity index (χ2n) is 5.97. The summed E-state index contributed by atoms with van der Waals surface area (Å²) in [5.41, 5.74) is 1.68. The monoisotopic (exact) mass is 343 g/mol. The fraction of sp³-hybridized carbons (Fsp3) is 0.353. The normalized spacial score (nSPS) is 18.0. The number of nitrogens with one attached hydrogen (secondary N) is 1. The maximum atomic E-state index is 6.18. The van der Waals surface area contributed by atoms with Gasteiger partial charge in [-0.05, 0) is 37.1 Å². The lowest BCUT2D eigenvalue weighted by atomic mass is 10.1. The second-order valence-corrected chi connectivity index (χ2v) is 6.37. The van der Waals surface area contributed by atoms with Crippen LogP contribution < -0.4 is 5.32 Å². The number of aromatic nitrogens is 4. The third kappa shape index (κ3) is 3.20. The minimum atomic E-state index is 0.387. The SMILES string of the molecule is Clc1ccccc1Cc1noc(-c2ccn(C3CCCNC3)n2)n1. The molecule has 1 atom stereocenters. The second kappa shape index (κ2) is 6.75. The van der Waals surface area contributed by atoms with Crippen molar-refractivity contribution in [1.82, 2.24) is 25.2 Å². The van der Waals surface area contributed by atoms with Crippen molar-refractivity contribution < 1.29 is 4.52 Å². The van der Waals surface area contributed by atoms with Crippen LogP contribution in [-0.4, -0.2) is 33.0 Å². The lowest BCUT2D eigenvalue weighted by Gasteiger charge is -2.22. The van der Waals surface area contributed by atoms with E-state index in [1.807, 2.05) is 41.2 Å². The molecule has 1 N–H and O–H groups in total. The van der Waals surface area contributed by atoms with Crippen molar-refractivity contribution in [3.05, 3.63) is 52.9 Å². The molecule has 0 aliphatic carbocycles. The van der Waals surface area contributed by atoms with E-state index in [4.69, 9.17) is 16.1 Å². The number of benzene rings is 1. The first kappa shape index (κ1) is 15.4. The van der Waals surface area contributed by atoms with E-state index in [0.717, 1.165) is 25.1 Å². The van der Waals surface area contributed by atoms with E-state index in [1.165, 1.54) is 6.42 Å². The van der Waals surface area contributed by atoms with Crippen LogP contribution in [0.4, 0.5) is 0 Å². The zero-order chi connectivity index (χ0) is 16.4. The van der Waals surface area contributed by atoms with E-state index in [-0.39, 0.29) is 0 Å². The molecular formula is C17H18ClN5O.